The molecule has 1 saturated heterocycles. The van der Waals surface area contributed by atoms with Crippen LogP contribution in [0.5, 0.6) is 0 Å². The largest absolute Gasteiger partial charge is 0.490 e. The zero-order valence-electron chi connectivity index (χ0n) is 18.4. The predicted molar refractivity (Wildman–Crippen MR) is 116 cm³/mol. The Labute approximate surface area is 190 Å². The van der Waals surface area contributed by atoms with E-state index in [1.54, 1.807) is 0 Å². The van der Waals surface area contributed by atoms with Crippen LogP contribution in [0.25, 0.3) is 0 Å². The van der Waals surface area contributed by atoms with E-state index in [1.165, 1.54) is 18.5 Å². The number of hydrogen-bond donors (Lipinski definition) is 2. The third-order valence-corrected chi connectivity index (χ3v) is 5.57. The number of carboxylic acid groups (broad SMARTS) is 1. The Balaban J connectivity index is 0.000000383. The smallest absolute Gasteiger partial charge is 0.475 e. The molecule has 33 heavy (non-hydrogen) atoms. The summed E-state index contributed by atoms with van der Waals surface area (Å²) in [5, 5.41) is 10.2. The molecule has 8 nitrogen and oxygen atoms in total. The van der Waals surface area contributed by atoms with Crippen molar-refractivity contribution in [2.45, 2.75) is 52.0 Å². The average molecular weight is 467 g/mol. The number of nitrogens with zero attached hydrogens (tertiary/aromatic N) is 4. The van der Waals surface area contributed by atoms with Crippen LogP contribution in [0.15, 0.2) is 30.6 Å². The predicted octanol–water partition coefficient (Wildman–Crippen LogP) is 3.86. The molecular weight excluding hydrogens is 439 g/mol. The highest BCUT2D eigenvalue weighted by Crippen LogP contribution is 2.21. The molecule has 0 saturated carbocycles. The van der Waals surface area contributed by atoms with Gasteiger partial charge in [0.05, 0.1) is 24.3 Å². The van der Waals surface area contributed by atoms with Gasteiger partial charge in [-0.15, -0.1) is 0 Å². The number of carbonyl (C=O) groups is 2. The van der Waals surface area contributed by atoms with Gasteiger partial charge in [0.25, 0.3) is 0 Å². The van der Waals surface area contributed by atoms with Crippen molar-refractivity contribution in [3.05, 3.63) is 47.5 Å². The molecule has 2 aliphatic heterocycles. The third kappa shape index (κ3) is 6.95. The molecule has 3 heterocycles. The molecule has 11 heteroatoms. The molecule has 2 aliphatic rings. The van der Waals surface area contributed by atoms with Crippen molar-refractivity contribution >= 4 is 17.7 Å². The van der Waals surface area contributed by atoms with Gasteiger partial charge in [0.1, 0.15) is 0 Å². The van der Waals surface area contributed by atoms with Gasteiger partial charge in [-0.1, -0.05) is 12.1 Å². The van der Waals surface area contributed by atoms with Gasteiger partial charge in [-0.2, -0.15) is 13.2 Å². The number of halogens is 3. The van der Waals surface area contributed by atoms with Crippen LogP contribution < -0.4 is 5.32 Å². The second-order valence-corrected chi connectivity index (χ2v) is 8.19. The summed E-state index contributed by atoms with van der Waals surface area (Å²) in [6, 6.07) is 7.91. The summed E-state index contributed by atoms with van der Waals surface area (Å²) < 4.78 is 34.0. The molecule has 1 aromatic carbocycles. The number of amides is 2. The molecule has 2 N–H and O–H groups in total. The van der Waals surface area contributed by atoms with Crippen molar-refractivity contribution in [1.29, 1.82) is 0 Å². The van der Waals surface area contributed by atoms with Gasteiger partial charge >= 0.3 is 18.2 Å². The monoisotopic (exact) mass is 467 g/mol. The number of aryl methyl sites for hydroxylation is 2. The van der Waals surface area contributed by atoms with E-state index in [4.69, 9.17) is 9.90 Å². The maximum atomic E-state index is 12.8. The fourth-order valence-electron chi connectivity index (χ4n) is 3.90. The SMILES string of the molecule is Cc1cccc(NC(=O)N2CCCn3cnc(CN4CCCC4)c3C2)c1.O=C(O)C(F)(F)F. The maximum absolute atomic E-state index is 12.8. The number of benzene rings is 1. The van der Waals surface area contributed by atoms with Crippen LogP contribution in [0.4, 0.5) is 23.7 Å². The van der Waals surface area contributed by atoms with E-state index >= 15 is 0 Å². The van der Waals surface area contributed by atoms with E-state index in [9.17, 15) is 18.0 Å². The van der Waals surface area contributed by atoms with Crippen molar-refractivity contribution in [2.24, 2.45) is 0 Å². The number of alkyl halides is 3. The lowest BCUT2D eigenvalue weighted by Gasteiger charge is -2.22. The first kappa shape index (κ1) is 24.6. The summed E-state index contributed by atoms with van der Waals surface area (Å²) >= 11 is 0. The highest BCUT2D eigenvalue weighted by atomic mass is 19.4. The fourth-order valence-corrected chi connectivity index (χ4v) is 3.90. The first-order chi connectivity index (χ1) is 15.6. The van der Waals surface area contributed by atoms with E-state index in [0.29, 0.717) is 6.54 Å². The number of hydrogen-bond acceptors (Lipinski definition) is 4. The van der Waals surface area contributed by atoms with Crippen LogP contribution >= 0.6 is 0 Å². The number of aliphatic carboxylic acids is 1. The highest BCUT2D eigenvalue weighted by molar-refractivity contribution is 5.89. The van der Waals surface area contributed by atoms with E-state index in [2.05, 4.69) is 19.8 Å². The quantitative estimate of drug-likeness (QED) is 0.716. The van der Waals surface area contributed by atoms with Crippen molar-refractivity contribution in [3.63, 3.8) is 0 Å². The van der Waals surface area contributed by atoms with Gasteiger partial charge in [0.15, 0.2) is 0 Å². The van der Waals surface area contributed by atoms with Crippen LogP contribution in [0.3, 0.4) is 0 Å². The van der Waals surface area contributed by atoms with Crippen molar-refractivity contribution < 1.29 is 27.9 Å². The lowest BCUT2D eigenvalue weighted by Crippen LogP contribution is -2.35. The van der Waals surface area contributed by atoms with Gasteiger partial charge < -0.3 is 19.9 Å². The maximum Gasteiger partial charge on any atom is 0.490 e. The zero-order valence-corrected chi connectivity index (χ0v) is 18.4. The number of aromatic nitrogens is 2. The Kier molecular flexibility index (Phi) is 7.96. The van der Waals surface area contributed by atoms with Crippen LogP contribution in [0, 0.1) is 6.92 Å². The van der Waals surface area contributed by atoms with E-state index in [0.717, 1.165) is 56.1 Å². The lowest BCUT2D eigenvalue weighted by molar-refractivity contribution is -0.192. The number of carbonyl (C=O) groups excluding carboxylic acids is 1. The molecule has 0 aliphatic carbocycles. The fraction of sp³-hybridized carbons (Fsp3) is 0.500. The second-order valence-electron chi connectivity index (χ2n) is 8.19. The Morgan fingerprint density at radius 1 is 1.12 bits per heavy atom. The van der Waals surface area contributed by atoms with Gasteiger partial charge in [-0.3, -0.25) is 4.90 Å². The number of rotatable bonds is 3. The van der Waals surface area contributed by atoms with Crippen molar-refractivity contribution in [2.75, 3.05) is 25.0 Å². The normalized spacial score (nSPS) is 16.4. The second kappa shape index (κ2) is 10.7. The average Bonchev–Trinajstić information content (AvgIpc) is 3.32. The molecule has 0 atom stereocenters. The Bertz CT molecular complexity index is 970. The number of carboxylic acids is 1. The highest BCUT2D eigenvalue weighted by Gasteiger charge is 2.38. The number of likely N-dealkylation sites (tertiary alicyclic amines) is 1. The number of anilines is 1. The summed E-state index contributed by atoms with van der Waals surface area (Å²) in [7, 11) is 0. The number of imidazole rings is 1. The Morgan fingerprint density at radius 2 is 1.82 bits per heavy atom. The minimum absolute atomic E-state index is 0.0302. The van der Waals surface area contributed by atoms with Crippen LogP contribution in [-0.2, 0) is 24.4 Å². The molecule has 180 valence electrons. The standard InChI is InChI=1S/C20H27N5O.C2HF3O2/c1-16-6-4-7-17(12-16)22-20(26)24-10-5-11-25-15-21-18(19(25)14-24)13-23-8-2-3-9-23;3-2(4,5)1(6)7/h4,6-7,12,15H,2-3,5,8-11,13-14H2,1H3,(H,22,26);(H,6,7). The first-order valence-electron chi connectivity index (χ1n) is 10.8. The summed E-state index contributed by atoms with van der Waals surface area (Å²) in [4.78, 5) is 30.7. The molecular formula is C22H28F3N5O3. The van der Waals surface area contributed by atoms with Gasteiger partial charge in [0.2, 0.25) is 0 Å². The topological polar surface area (TPSA) is 90.7 Å². The van der Waals surface area contributed by atoms with Crippen molar-refractivity contribution in [3.8, 4) is 0 Å². The first-order valence-corrected chi connectivity index (χ1v) is 10.8. The number of nitrogens with one attached hydrogen (secondary N) is 1. The van der Waals surface area contributed by atoms with Gasteiger partial charge in [-0.05, 0) is 57.0 Å². The zero-order chi connectivity index (χ0) is 24.0. The summed E-state index contributed by atoms with van der Waals surface area (Å²) in [6.07, 6.45) is 0.374. The van der Waals surface area contributed by atoms with Gasteiger partial charge in [0, 0.05) is 25.3 Å². The molecule has 1 aromatic heterocycles. The number of fused-ring (bicyclic) bond motifs is 1. The van der Waals surface area contributed by atoms with Crippen LogP contribution in [-0.4, -0.2) is 62.3 Å². The molecule has 2 amide bonds. The lowest BCUT2D eigenvalue weighted by atomic mass is 10.2. The molecule has 0 unspecified atom stereocenters. The van der Waals surface area contributed by atoms with E-state index < -0.39 is 12.1 Å². The van der Waals surface area contributed by atoms with Crippen LogP contribution in [0.2, 0.25) is 0 Å². The molecule has 0 bridgehead atoms. The molecule has 4 rings (SSSR count). The number of urea groups is 1. The van der Waals surface area contributed by atoms with Crippen LogP contribution in [0.1, 0.15) is 36.2 Å². The van der Waals surface area contributed by atoms with E-state index in [-0.39, 0.29) is 6.03 Å². The summed E-state index contributed by atoms with van der Waals surface area (Å²) in [5.74, 6) is -2.76. The van der Waals surface area contributed by atoms with E-state index in [1.807, 2.05) is 42.4 Å². The molecule has 0 spiro atoms. The summed E-state index contributed by atoms with van der Waals surface area (Å²) in [6.45, 7) is 7.56. The Morgan fingerprint density at radius 3 is 2.45 bits per heavy atom. The Hall–Kier alpha value is -3.08. The summed E-state index contributed by atoms with van der Waals surface area (Å²) in [5.41, 5.74) is 4.31. The molecule has 2 aromatic rings. The van der Waals surface area contributed by atoms with Crippen molar-refractivity contribution in [1.82, 2.24) is 19.4 Å². The molecule has 1 fully saturated rings. The minimum Gasteiger partial charge on any atom is -0.475 e. The third-order valence-electron chi connectivity index (χ3n) is 5.57. The van der Waals surface area contributed by atoms with Gasteiger partial charge in [-0.25, -0.2) is 14.6 Å². The molecule has 0 radical (unpaired) electrons. The minimum atomic E-state index is -5.08.